The van der Waals surface area contributed by atoms with Crippen LogP contribution in [-0.2, 0) is 0 Å². The van der Waals surface area contributed by atoms with Gasteiger partial charge in [0.15, 0.2) is 0 Å². The maximum Gasteiger partial charge on any atom is 0.143 e. The van der Waals surface area contributed by atoms with Gasteiger partial charge in [0, 0.05) is 6.07 Å². The molecule has 0 bridgehead atoms. The van der Waals surface area contributed by atoms with E-state index in [1.165, 1.54) is 0 Å². The van der Waals surface area contributed by atoms with Crippen LogP contribution in [0.25, 0.3) is 0 Å². The number of nitrogen functional groups attached to an aromatic ring is 1. The molecule has 0 spiro atoms. The summed E-state index contributed by atoms with van der Waals surface area (Å²) in [4.78, 5) is 0. The third-order valence-corrected chi connectivity index (χ3v) is 1.82. The van der Waals surface area contributed by atoms with Crippen molar-refractivity contribution in [2.24, 2.45) is 0 Å². The number of ether oxygens (including phenoxy) is 2. The van der Waals surface area contributed by atoms with Gasteiger partial charge in [0.2, 0.25) is 0 Å². The lowest BCUT2D eigenvalue weighted by molar-refractivity contribution is 0.126. The van der Waals surface area contributed by atoms with Crippen LogP contribution in [0, 0.1) is 0 Å². The number of hydrogen-bond acceptors (Lipinski definition) is 3. The lowest BCUT2D eigenvalue weighted by Crippen LogP contribution is -2.24. The molecule has 0 amide bonds. The number of anilines is 1. The summed E-state index contributed by atoms with van der Waals surface area (Å²) in [5, 5.41) is 0. The molecule has 0 saturated carbocycles. The molecular weight excluding hydrogens is 214 g/mol. The van der Waals surface area contributed by atoms with Crippen LogP contribution in [0.5, 0.6) is 11.5 Å². The lowest BCUT2D eigenvalue weighted by Gasteiger charge is -2.24. The van der Waals surface area contributed by atoms with Crippen LogP contribution in [0.4, 0.5) is 5.69 Å². The molecule has 0 aliphatic heterocycles. The monoisotopic (exact) mass is 237 g/mol. The molecule has 0 radical (unpaired) electrons. The molecule has 3 heteroatoms. The fourth-order valence-electron chi connectivity index (χ4n) is 1.37. The first-order valence-electron chi connectivity index (χ1n) is 5.84. The fourth-order valence-corrected chi connectivity index (χ4v) is 1.37. The highest BCUT2D eigenvalue weighted by Crippen LogP contribution is 2.30. The Bertz CT molecular complexity index is 386. The second-order valence-corrected chi connectivity index (χ2v) is 6.13. The molecular formula is C14H23NO2. The first kappa shape index (κ1) is 13.7. The van der Waals surface area contributed by atoms with E-state index in [0.29, 0.717) is 11.4 Å². The third kappa shape index (κ3) is 4.98. The van der Waals surface area contributed by atoms with Gasteiger partial charge in [-0.2, -0.15) is 0 Å². The highest BCUT2D eigenvalue weighted by molar-refractivity contribution is 5.56. The molecule has 3 nitrogen and oxygen atoms in total. The predicted molar refractivity (Wildman–Crippen MR) is 71.6 cm³/mol. The maximum atomic E-state index is 5.94. The van der Waals surface area contributed by atoms with Gasteiger partial charge < -0.3 is 15.2 Å². The summed E-state index contributed by atoms with van der Waals surface area (Å²) < 4.78 is 11.5. The van der Waals surface area contributed by atoms with Gasteiger partial charge in [-0.15, -0.1) is 0 Å². The Hall–Kier alpha value is -1.38. The Morgan fingerprint density at radius 2 is 1.41 bits per heavy atom. The second-order valence-electron chi connectivity index (χ2n) is 6.13. The first-order chi connectivity index (χ1) is 7.57. The maximum absolute atomic E-state index is 5.94. The largest absolute Gasteiger partial charge is 0.488 e. The summed E-state index contributed by atoms with van der Waals surface area (Å²) in [6, 6.07) is 5.52. The average Bonchev–Trinajstić information content (AvgIpc) is 2.05. The highest BCUT2D eigenvalue weighted by Gasteiger charge is 2.16. The number of benzene rings is 1. The predicted octanol–water partition coefficient (Wildman–Crippen LogP) is 3.62. The first-order valence-corrected chi connectivity index (χ1v) is 5.84. The molecule has 2 N–H and O–H groups in total. The van der Waals surface area contributed by atoms with Crippen LogP contribution in [0.15, 0.2) is 18.2 Å². The number of nitrogens with two attached hydrogens (primary N) is 1. The van der Waals surface area contributed by atoms with Crippen molar-refractivity contribution in [2.75, 3.05) is 5.73 Å². The minimum atomic E-state index is -0.249. The summed E-state index contributed by atoms with van der Waals surface area (Å²) in [6.07, 6.45) is 0. The van der Waals surface area contributed by atoms with E-state index in [-0.39, 0.29) is 11.2 Å². The summed E-state index contributed by atoms with van der Waals surface area (Å²) in [7, 11) is 0. The second kappa shape index (κ2) is 4.47. The average molecular weight is 237 g/mol. The smallest absolute Gasteiger partial charge is 0.143 e. The minimum absolute atomic E-state index is 0.223. The highest BCUT2D eigenvalue weighted by atomic mass is 16.5. The van der Waals surface area contributed by atoms with Crippen molar-refractivity contribution < 1.29 is 9.47 Å². The Morgan fingerprint density at radius 1 is 0.882 bits per heavy atom. The van der Waals surface area contributed by atoms with Gasteiger partial charge in [-0.3, -0.25) is 0 Å². The van der Waals surface area contributed by atoms with E-state index in [1.54, 1.807) is 6.07 Å². The molecule has 0 saturated heterocycles. The minimum Gasteiger partial charge on any atom is -0.488 e. The molecule has 96 valence electrons. The normalized spacial score (nSPS) is 12.4. The zero-order valence-corrected chi connectivity index (χ0v) is 11.6. The SMILES string of the molecule is CC(C)(C)Oc1ccc(OC(C)(C)C)c(N)c1. The van der Waals surface area contributed by atoms with E-state index in [9.17, 15) is 0 Å². The molecule has 17 heavy (non-hydrogen) atoms. The van der Waals surface area contributed by atoms with Gasteiger partial charge >= 0.3 is 0 Å². The molecule has 1 aromatic carbocycles. The molecule has 1 rings (SSSR count). The van der Waals surface area contributed by atoms with Crippen molar-refractivity contribution in [3.8, 4) is 11.5 Å². The van der Waals surface area contributed by atoms with Crippen LogP contribution < -0.4 is 15.2 Å². The summed E-state index contributed by atoms with van der Waals surface area (Å²) in [5.74, 6) is 1.45. The zero-order valence-electron chi connectivity index (χ0n) is 11.6. The number of hydrogen-bond donors (Lipinski definition) is 1. The van der Waals surface area contributed by atoms with Gasteiger partial charge in [-0.25, -0.2) is 0 Å². The molecule has 1 aromatic rings. The van der Waals surface area contributed by atoms with Crippen molar-refractivity contribution in [1.29, 1.82) is 0 Å². The van der Waals surface area contributed by atoms with Crippen LogP contribution in [0.3, 0.4) is 0 Å². The van der Waals surface area contributed by atoms with E-state index in [0.717, 1.165) is 5.75 Å². The van der Waals surface area contributed by atoms with Crippen molar-refractivity contribution in [3.63, 3.8) is 0 Å². The van der Waals surface area contributed by atoms with Crippen molar-refractivity contribution in [2.45, 2.75) is 52.7 Å². The topological polar surface area (TPSA) is 44.5 Å². The quantitative estimate of drug-likeness (QED) is 0.799. The van der Waals surface area contributed by atoms with Gasteiger partial charge in [0.25, 0.3) is 0 Å². The van der Waals surface area contributed by atoms with Gasteiger partial charge in [0.1, 0.15) is 22.7 Å². The third-order valence-electron chi connectivity index (χ3n) is 1.82. The molecule has 0 fully saturated rings. The van der Waals surface area contributed by atoms with E-state index in [4.69, 9.17) is 15.2 Å². The molecule has 0 aliphatic carbocycles. The van der Waals surface area contributed by atoms with Crippen molar-refractivity contribution >= 4 is 5.69 Å². The fraction of sp³-hybridized carbons (Fsp3) is 0.571. The summed E-state index contributed by atoms with van der Waals surface area (Å²) >= 11 is 0. The van der Waals surface area contributed by atoms with Gasteiger partial charge in [0.05, 0.1) is 5.69 Å². The molecule has 0 heterocycles. The van der Waals surface area contributed by atoms with E-state index < -0.39 is 0 Å². The van der Waals surface area contributed by atoms with Crippen LogP contribution >= 0.6 is 0 Å². The van der Waals surface area contributed by atoms with Gasteiger partial charge in [-0.1, -0.05) is 0 Å². The van der Waals surface area contributed by atoms with E-state index >= 15 is 0 Å². The lowest BCUT2D eigenvalue weighted by atomic mass is 10.1. The number of rotatable bonds is 2. The van der Waals surface area contributed by atoms with E-state index in [2.05, 4.69) is 0 Å². The summed E-state index contributed by atoms with van der Waals surface area (Å²) in [5.41, 5.74) is 6.07. The zero-order chi connectivity index (χ0) is 13.3. The molecule has 0 aromatic heterocycles. The van der Waals surface area contributed by atoms with Crippen LogP contribution in [-0.4, -0.2) is 11.2 Å². The van der Waals surface area contributed by atoms with Crippen LogP contribution in [0.2, 0.25) is 0 Å². The Kier molecular flexibility index (Phi) is 3.60. The van der Waals surface area contributed by atoms with E-state index in [1.807, 2.05) is 53.7 Å². The van der Waals surface area contributed by atoms with Crippen molar-refractivity contribution in [3.05, 3.63) is 18.2 Å². The van der Waals surface area contributed by atoms with Crippen molar-refractivity contribution in [1.82, 2.24) is 0 Å². The summed E-state index contributed by atoms with van der Waals surface area (Å²) in [6.45, 7) is 12.0. The molecule has 0 aliphatic rings. The molecule has 0 atom stereocenters. The Labute approximate surface area is 104 Å². The van der Waals surface area contributed by atoms with Crippen LogP contribution in [0.1, 0.15) is 41.5 Å². The van der Waals surface area contributed by atoms with Gasteiger partial charge in [-0.05, 0) is 53.7 Å². The standard InChI is InChI=1S/C14H23NO2/c1-13(2,3)16-10-7-8-12(11(15)9-10)17-14(4,5)6/h7-9H,15H2,1-6H3. The Balaban J connectivity index is 2.87. The Morgan fingerprint density at radius 3 is 1.82 bits per heavy atom. The molecule has 0 unspecified atom stereocenters.